The van der Waals surface area contributed by atoms with Crippen molar-refractivity contribution in [3.05, 3.63) is 47.5 Å². The van der Waals surface area contributed by atoms with Gasteiger partial charge in [-0.25, -0.2) is 0 Å². The Morgan fingerprint density at radius 1 is 1.44 bits per heavy atom. The van der Waals surface area contributed by atoms with E-state index in [1.807, 2.05) is 0 Å². The average Bonchev–Trinajstić information content (AvgIpc) is 3.23. The lowest BCUT2D eigenvalue weighted by Gasteiger charge is -2.17. The van der Waals surface area contributed by atoms with Crippen molar-refractivity contribution in [2.45, 2.75) is 38.1 Å². The van der Waals surface area contributed by atoms with Gasteiger partial charge in [0.1, 0.15) is 0 Å². The van der Waals surface area contributed by atoms with E-state index in [-0.39, 0.29) is 6.04 Å². The Labute approximate surface area is 110 Å². The molecule has 2 rings (SSSR count). The molecule has 0 radical (unpaired) electrons. The van der Waals surface area contributed by atoms with Crippen LogP contribution in [0.5, 0.6) is 0 Å². The molecule has 0 bridgehead atoms. The lowest BCUT2D eigenvalue weighted by Crippen LogP contribution is -2.28. The van der Waals surface area contributed by atoms with Crippen LogP contribution in [0.15, 0.2) is 36.4 Å². The quantitative estimate of drug-likeness (QED) is 0.571. The predicted octanol–water partition coefficient (Wildman–Crippen LogP) is 3.12. The van der Waals surface area contributed by atoms with Gasteiger partial charge in [-0.15, -0.1) is 0 Å². The van der Waals surface area contributed by atoms with Gasteiger partial charge < -0.3 is 11.1 Å². The van der Waals surface area contributed by atoms with Gasteiger partial charge in [0.2, 0.25) is 0 Å². The van der Waals surface area contributed by atoms with Gasteiger partial charge in [-0.2, -0.15) is 0 Å². The molecule has 0 aliphatic heterocycles. The van der Waals surface area contributed by atoms with Crippen molar-refractivity contribution in [3.63, 3.8) is 0 Å². The summed E-state index contributed by atoms with van der Waals surface area (Å²) in [7, 11) is 0. The standard InChI is InChI=1S/C16H24N2/c1-2-3-4-10-18-16(12-17)15-7-5-6-14(11-15)13-8-9-13/h2-3,5-7,11,13,16,18H,4,8-10,12,17H2,1H3/b3-2+. The van der Waals surface area contributed by atoms with E-state index in [1.54, 1.807) is 0 Å². The zero-order valence-electron chi connectivity index (χ0n) is 11.2. The van der Waals surface area contributed by atoms with Crippen molar-refractivity contribution < 1.29 is 0 Å². The maximum absolute atomic E-state index is 5.88. The Morgan fingerprint density at radius 2 is 2.28 bits per heavy atom. The van der Waals surface area contributed by atoms with Gasteiger partial charge in [-0.3, -0.25) is 0 Å². The van der Waals surface area contributed by atoms with Gasteiger partial charge in [0, 0.05) is 12.6 Å². The highest BCUT2D eigenvalue weighted by molar-refractivity contribution is 5.31. The topological polar surface area (TPSA) is 38.0 Å². The van der Waals surface area contributed by atoms with E-state index in [1.165, 1.54) is 24.0 Å². The molecule has 1 saturated carbocycles. The van der Waals surface area contributed by atoms with Crippen molar-refractivity contribution in [1.82, 2.24) is 5.32 Å². The van der Waals surface area contributed by atoms with Crippen LogP contribution in [0.3, 0.4) is 0 Å². The fourth-order valence-electron chi connectivity index (χ4n) is 2.29. The lowest BCUT2D eigenvalue weighted by molar-refractivity contribution is 0.548. The average molecular weight is 244 g/mol. The van der Waals surface area contributed by atoms with E-state index in [2.05, 4.69) is 48.7 Å². The Kier molecular flexibility index (Phi) is 4.97. The molecule has 2 nitrogen and oxygen atoms in total. The molecule has 18 heavy (non-hydrogen) atoms. The molecule has 1 aromatic rings. The molecule has 1 fully saturated rings. The van der Waals surface area contributed by atoms with Crippen LogP contribution < -0.4 is 11.1 Å². The first-order valence-electron chi connectivity index (χ1n) is 6.99. The molecule has 1 aromatic carbocycles. The van der Waals surface area contributed by atoms with Gasteiger partial charge in [0.05, 0.1) is 0 Å². The van der Waals surface area contributed by atoms with Crippen molar-refractivity contribution >= 4 is 0 Å². The van der Waals surface area contributed by atoms with Crippen LogP contribution in [0.25, 0.3) is 0 Å². The van der Waals surface area contributed by atoms with Crippen molar-refractivity contribution in [2.75, 3.05) is 13.1 Å². The van der Waals surface area contributed by atoms with Crippen molar-refractivity contribution in [2.24, 2.45) is 5.73 Å². The Morgan fingerprint density at radius 3 is 2.94 bits per heavy atom. The lowest BCUT2D eigenvalue weighted by atomic mass is 10.0. The zero-order chi connectivity index (χ0) is 12.8. The molecule has 3 N–H and O–H groups in total. The number of nitrogens with one attached hydrogen (secondary N) is 1. The molecule has 98 valence electrons. The first-order chi connectivity index (χ1) is 8.85. The summed E-state index contributed by atoms with van der Waals surface area (Å²) in [5.41, 5.74) is 8.70. The Bertz CT molecular complexity index is 394. The highest BCUT2D eigenvalue weighted by atomic mass is 14.9. The molecular weight excluding hydrogens is 220 g/mol. The third-order valence-electron chi connectivity index (χ3n) is 3.53. The summed E-state index contributed by atoms with van der Waals surface area (Å²) in [6.45, 7) is 3.70. The number of rotatable bonds is 7. The summed E-state index contributed by atoms with van der Waals surface area (Å²) in [4.78, 5) is 0. The van der Waals surface area contributed by atoms with Crippen molar-refractivity contribution in [1.29, 1.82) is 0 Å². The molecule has 0 saturated heterocycles. The molecule has 0 amide bonds. The second kappa shape index (κ2) is 6.72. The summed E-state index contributed by atoms with van der Waals surface area (Å²) in [5, 5.41) is 3.53. The molecule has 0 aromatic heterocycles. The number of hydrogen-bond acceptors (Lipinski definition) is 2. The van der Waals surface area contributed by atoms with Gasteiger partial charge in [0.15, 0.2) is 0 Å². The zero-order valence-corrected chi connectivity index (χ0v) is 11.2. The normalized spacial score (nSPS) is 17.2. The first kappa shape index (κ1) is 13.3. The van der Waals surface area contributed by atoms with E-state index < -0.39 is 0 Å². The van der Waals surface area contributed by atoms with Gasteiger partial charge in [-0.05, 0) is 49.8 Å². The van der Waals surface area contributed by atoms with Crippen LogP contribution in [-0.2, 0) is 0 Å². The molecule has 1 atom stereocenters. The summed E-state index contributed by atoms with van der Waals surface area (Å²) < 4.78 is 0. The Hall–Kier alpha value is -1.12. The largest absolute Gasteiger partial charge is 0.329 e. The minimum atomic E-state index is 0.286. The summed E-state index contributed by atoms with van der Waals surface area (Å²) in [6, 6.07) is 9.21. The monoisotopic (exact) mass is 244 g/mol. The predicted molar refractivity (Wildman–Crippen MR) is 77.6 cm³/mol. The molecule has 1 aliphatic carbocycles. The van der Waals surface area contributed by atoms with Crippen LogP contribution in [0.2, 0.25) is 0 Å². The Balaban J connectivity index is 1.95. The molecule has 0 heterocycles. The molecule has 1 aliphatic rings. The van der Waals surface area contributed by atoms with E-state index in [9.17, 15) is 0 Å². The second-order valence-corrected chi connectivity index (χ2v) is 5.04. The van der Waals surface area contributed by atoms with E-state index in [4.69, 9.17) is 5.73 Å². The smallest absolute Gasteiger partial charge is 0.0444 e. The molecule has 0 spiro atoms. The SMILES string of the molecule is C/C=C/CCNC(CN)c1cccc(C2CC2)c1. The molecule has 2 heteroatoms. The minimum absolute atomic E-state index is 0.286. The van der Waals surface area contributed by atoms with Crippen LogP contribution >= 0.6 is 0 Å². The van der Waals surface area contributed by atoms with Gasteiger partial charge >= 0.3 is 0 Å². The van der Waals surface area contributed by atoms with E-state index in [0.717, 1.165) is 18.9 Å². The van der Waals surface area contributed by atoms with E-state index in [0.29, 0.717) is 6.54 Å². The van der Waals surface area contributed by atoms with Gasteiger partial charge in [0.25, 0.3) is 0 Å². The van der Waals surface area contributed by atoms with Crippen LogP contribution in [0.4, 0.5) is 0 Å². The summed E-state index contributed by atoms with van der Waals surface area (Å²) in [6.07, 6.45) is 8.04. The second-order valence-electron chi connectivity index (χ2n) is 5.04. The third kappa shape index (κ3) is 3.69. The highest BCUT2D eigenvalue weighted by Crippen LogP contribution is 2.40. The van der Waals surface area contributed by atoms with E-state index >= 15 is 0 Å². The summed E-state index contributed by atoms with van der Waals surface area (Å²) in [5.74, 6) is 0.811. The fraction of sp³-hybridized carbons (Fsp3) is 0.500. The van der Waals surface area contributed by atoms with Gasteiger partial charge in [-0.1, -0.05) is 36.4 Å². The fourth-order valence-corrected chi connectivity index (χ4v) is 2.29. The third-order valence-corrected chi connectivity index (χ3v) is 3.53. The van der Waals surface area contributed by atoms with Crippen LogP contribution in [0.1, 0.15) is 49.3 Å². The highest BCUT2D eigenvalue weighted by Gasteiger charge is 2.23. The summed E-state index contributed by atoms with van der Waals surface area (Å²) >= 11 is 0. The number of allylic oxidation sites excluding steroid dienone is 1. The number of nitrogens with two attached hydrogens (primary N) is 1. The van der Waals surface area contributed by atoms with Crippen LogP contribution in [0, 0.1) is 0 Å². The maximum atomic E-state index is 5.88. The number of benzene rings is 1. The molecule has 1 unspecified atom stereocenters. The molecular formula is C16H24N2. The van der Waals surface area contributed by atoms with Crippen molar-refractivity contribution in [3.8, 4) is 0 Å². The van der Waals surface area contributed by atoms with Crippen LogP contribution in [-0.4, -0.2) is 13.1 Å². The maximum Gasteiger partial charge on any atom is 0.0444 e. The first-order valence-corrected chi connectivity index (χ1v) is 6.99. The number of hydrogen-bond donors (Lipinski definition) is 2. The minimum Gasteiger partial charge on any atom is -0.329 e.